The molecule has 0 unspecified atom stereocenters. The van der Waals surface area contributed by atoms with E-state index in [1.165, 1.54) is 6.92 Å². The van der Waals surface area contributed by atoms with Crippen LogP contribution in [0, 0.1) is 29.1 Å². The maximum atomic E-state index is 14.0. The van der Waals surface area contributed by atoms with Crippen LogP contribution in [0.1, 0.15) is 56.3 Å². The van der Waals surface area contributed by atoms with E-state index < -0.39 is 34.3 Å². The summed E-state index contributed by atoms with van der Waals surface area (Å²) in [6, 6.07) is 6.89. The van der Waals surface area contributed by atoms with E-state index >= 15 is 0 Å². The average molecular weight is 585 g/mol. The number of hydrogen-bond acceptors (Lipinski definition) is 9. The van der Waals surface area contributed by atoms with Crippen molar-refractivity contribution in [1.29, 1.82) is 0 Å². The number of nitrogens with one attached hydrogen (secondary N) is 1. The number of benzene rings is 1. The third kappa shape index (κ3) is 3.21. The predicted molar refractivity (Wildman–Crippen MR) is 152 cm³/mol. The van der Waals surface area contributed by atoms with Gasteiger partial charge in [-0.15, -0.1) is 0 Å². The Bertz CT molecular complexity index is 1290. The van der Waals surface area contributed by atoms with E-state index in [1.54, 1.807) is 45.6 Å². The molecule has 6 aliphatic rings. The molecule has 5 aliphatic carbocycles. The van der Waals surface area contributed by atoms with Gasteiger partial charge in [0.1, 0.15) is 16.8 Å². The first-order valence-electron chi connectivity index (χ1n) is 15.4. The minimum absolute atomic E-state index is 0.0432. The highest BCUT2D eigenvalue weighted by atomic mass is 16.6. The van der Waals surface area contributed by atoms with Crippen LogP contribution in [0.15, 0.2) is 24.3 Å². The first-order chi connectivity index (χ1) is 20.1. The number of likely N-dealkylation sites (tertiary alicyclic amines) is 1. The number of aliphatic hydroxyl groups is 2. The lowest BCUT2D eigenvalue weighted by Gasteiger charge is -2.70. The molecule has 0 aromatic heterocycles. The molecule has 42 heavy (non-hydrogen) atoms. The molecule has 10 nitrogen and oxygen atoms in total. The number of esters is 1. The number of ether oxygens (including phenoxy) is 4. The molecule has 1 aromatic rings. The second-order valence-corrected chi connectivity index (χ2v) is 13.7. The summed E-state index contributed by atoms with van der Waals surface area (Å²) in [6.07, 6.45) is 1.91. The number of likely N-dealkylation sites (N-methyl/N-ethyl adjacent to an activating group) is 1. The molecule has 7 rings (SSSR count). The number of carbonyl (C=O) groups is 2. The van der Waals surface area contributed by atoms with Gasteiger partial charge in [-0.25, -0.2) is 4.79 Å². The number of nitrogens with zero attached hydrogens (tertiary/aromatic N) is 1. The lowest BCUT2D eigenvalue weighted by atomic mass is 9.44. The van der Waals surface area contributed by atoms with Crippen molar-refractivity contribution >= 4 is 17.6 Å². The van der Waals surface area contributed by atoms with Crippen molar-refractivity contribution in [2.24, 2.45) is 29.1 Å². The molecule has 12 atom stereocenters. The van der Waals surface area contributed by atoms with Crippen LogP contribution in [-0.4, -0.2) is 103 Å². The summed E-state index contributed by atoms with van der Waals surface area (Å²) in [4.78, 5) is 28.3. The molecule has 0 radical (unpaired) electrons. The van der Waals surface area contributed by atoms with E-state index in [0.717, 1.165) is 0 Å². The number of para-hydroxylation sites is 1. The summed E-state index contributed by atoms with van der Waals surface area (Å²) in [6.45, 7) is 4.79. The minimum atomic E-state index is -1.48. The summed E-state index contributed by atoms with van der Waals surface area (Å²) >= 11 is 0. The first-order valence-corrected chi connectivity index (χ1v) is 15.4. The lowest BCUT2D eigenvalue weighted by molar-refractivity contribution is -0.337. The van der Waals surface area contributed by atoms with Gasteiger partial charge in [-0.1, -0.05) is 19.1 Å². The van der Waals surface area contributed by atoms with Crippen LogP contribution in [0.4, 0.5) is 5.69 Å². The molecular formula is C32H44N2O8. The van der Waals surface area contributed by atoms with Crippen LogP contribution < -0.4 is 5.32 Å². The van der Waals surface area contributed by atoms with Crippen LogP contribution in [0.3, 0.4) is 0 Å². The third-order valence-corrected chi connectivity index (χ3v) is 12.6. The topological polar surface area (TPSA) is 127 Å². The summed E-state index contributed by atoms with van der Waals surface area (Å²) < 4.78 is 25.1. The molecule has 1 saturated heterocycles. The molecule has 1 aromatic carbocycles. The Labute approximate surface area is 247 Å². The van der Waals surface area contributed by atoms with Crippen molar-refractivity contribution in [2.45, 2.75) is 87.1 Å². The number of carbonyl (C=O) groups excluding carboxylic acids is 2. The predicted octanol–water partition coefficient (Wildman–Crippen LogP) is 2.22. The van der Waals surface area contributed by atoms with Gasteiger partial charge in [0, 0.05) is 76.3 Å². The van der Waals surface area contributed by atoms with E-state index in [0.29, 0.717) is 56.4 Å². The Morgan fingerprint density at radius 1 is 1.07 bits per heavy atom. The highest BCUT2D eigenvalue weighted by molar-refractivity contribution is 6.00. The number of anilines is 1. The van der Waals surface area contributed by atoms with Crippen LogP contribution in [0.2, 0.25) is 0 Å². The first kappa shape index (κ1) is 28.7. The van der Waals surface area contributed by atoms with Gasteiger partial charge in [-0.2, -0.15) is 0 Å². The fourth-order valence-corrected chi connectivity index (χ4v) is 11.6. The fourth-order valence-electron chi connectivity index (χ4n) is 11.6. The number of hydrogen-bond donors (Lipinski definition) is 3. The van der Waals surface area contributed by atoms with Crippen LogP contribution in [-0.2, 0) is 23.7 Å². The molecule has 1 aliphatic heterocycles. The summed E-state index contributed by atoms with van der Waals surface area (Å²) in [5, 5.41) is 28.4. The Kier molecular flexibility index (Phi) is 6.46. The van der Waals surface area contributed by atoms with E-state index in [4.69, 9.17) is 18.9 Å². The summed E-state index contributed by atoms with van der Waals surface area (Å²) in [7, 11) is 5.05. The number of fused-ring (bicyclic) bond motifs is 2. The lowest BCUT2D eigenvalue weighted by Crippen LogP contribution is -2.83. The molecule has 1 amide bonds. The summed E-state index contributed by atoms with van der Waals surface area (Å²) in [5.41, 5.74) is -3.57. The molecule has 6 fully saturated rings. The second kappa shape index (κ2) is 9.46. The van der Waals surface area contributed by atoms with Crippen molar-refractivity contribution in [1.82, 2.24) is 4.90 Å². The second-order valence-electron chi connectivity index (χ2n) is 13.7. The zero-order valence-corrected chi connectivity index (χ0v) is 25.2. The zero-order chi connectivity index (χ0) is 29.8. The SMILES string of the molecule is CCN1C[C@]2(OC(=O)c3ccccc3NC(C)=O)CC[C@H](OC)[C@@]34[C@@H]2C[C@@H]([C@@H]13)[C@@]1(O)C[C@H](OC)[C@H]2C[C@@H]4[C@@]1(O)[C@H]2OC. The van der Waals surface area contributed by atoms with Gasteiger partial charge in [0.2, 0.25) is 5.91 Å². The number of methoxy groups -OCH3 is 3. The van der Waals surface area contributed by atoms with Crippen molar-refractivity contribution < 1.29 is 38.7 Å². The normalized spacial score (nSPS) is 48.2. The van der Waals surface area contributed by atoms with Crippen LogP contribution >= 0.6 is 0 Å². The van der Waals surface area contributed by atoms with Gasteiger partial charge < -0.3 is 34.5 Å². The van der Waals surface area contributed by atoms with Gasteiger partial charge in [0.15, 0.2) is 0 Å². The smallest absolute Gasteiger partial charge is 0.340 e. The van der Waals surface area contributed by atoms with Crippen LogP contribution in [0.25, 0.3) is 0 Å². The van der Waals surface area contributed by atoms with Crippen molar-refractivity contribution in [2.75, 3.05) is 39.7 Å². The van der Waals surface area contributed by atoms with Gasteiger partial charge in [0.25, 0.3) is 0 Å². The van der Waals surface area contributed by atoms with Crippen molar-refractivity contribution in [3.63, 3.8) is 0 Å². The molecule has 1 heterocycles. The van der Waals surface area contributed by atoms with Gasteiger partial charge in [0.05, 0.1) is 29.6 Å². The molecule has 7 bridgehead atoms. The highest BCUT2D eigenvalue weighted by Crippen LogP contribution is 2.79. The molecule has 230 valence electrons. The van der Waals surface area contributed by atoms with E-state index in [9.17, 15) is 19.8 Å². The summed E-state index contributed by atoms with van der Waals surface area (Å²) in [5.74, 6) is -1.54. The van der Waals surface area contributed by atoms with E-state index in [2.05, 4.69) is 17.1 Å². The van der Waals surface area contributed by atoms with Gasteiger partial charge in [-0.3, -0.25) is 9.69 Å². The molecular weight excluding hydrogens is 540 g/mol. The van der Waals surface area contributed by atoms with Crippen molar-refractivity contribution in [3.05, 3.63) is 29.8 Å². The molecule has 10 heteroatoms. The van der Waals surface area contributed by atoms with Gasteiger partial charge in [-0.05, 0) is 44.4 Å². The minimum Gasteiger partial charge on any atom is -0.454 e. The maximum absolute atomic E-state index is 14.0. The van der Waals surface area contributed by atoms with Crippen LogP contribution in [0.5, 0.6) is 0 Å². The average Bonchev–Trinajstić information content (AvgIpc) is 3.39. The van der Waals surface area contributed by atoms with E-state index in [1.807, 2.05) is 0 Å². The molecule has 1 spiro atoms. The standard InChI is InChI=1S/C32H44N2O8/c1-6-34-16-29(42-28(36)18-9-7-8-10-21(18)33-17(2)35)12-11-25(40-4)31-23(29)14-20(26(31)34)30(37)15-22(39-3)19-13-24(31)32(30,38)27(19)41-5/h7-10,19-20,22-27,37-38H,6,11-16H2,1-5H3,(H,33,35)/t19-,20+,22+,23-,24+,25+,26-,27+,29-,30+,31+,32-/m1/s1. The molecule has 3 N–H and O–H groups in total. The Balaban J connectivity index is 1.38. The quantitative estimate of drug-likeness (QED) is 0.414. The Morgan fingerprint density at radius 2 is 1.83 bits per heavy atom. The van der Waals surface area contributed by atoms with E-state index in [-0.39, 0.29) is 47.8 Å². The number of amides is 1. The Hall–Kier alpha value is -2.08. The molecule has 5 saturated carbocycles. The largest absolute Gasteiger partial charge is 0.454 e. The monoisotopic (exact) mass is 584 g/mol. The number of rotatable bonds is 7. The third-order valence-electron chi connectivity index (χ3n) is 12.6. The maximum Gasteiger partial charge on any atom is 0.340 e. The van der Waals surface area contributed by atoms with Crippen molar-refractivity contribution in [3.8, 4) is 0 Å². The highest BCUT2D eigenvalue weighted by Gasteiger charge is 2.89. The number of piperidine rings is 1. The zero-order valence-electron chi connectivity index (χ0n) is 25.2. The van der Waals surface area contributed by atoms with Gasteiger partial charge >= 0.3 is 5.97 Å². The Morgan fingerprint density at radius 3 is 2.50 bits per heavy atom. The fraction of sp³-hybridized carbons (Fsp3) is 0.750.